The first-order chi connectivity index (χ1) is 9.44. The summed E-state index contributed by atoms with van der Waals surface area (Å²) >= 11 is 0. The molecular weight excluding hydrogens is 276 g/mol. The molecule has 2 N–H and O–H groups in total. The van der Waals surface area contributed by atoms with Gasteiger partial charge >= 0.3 is 0 Å². The molecule has 0 heterocycles. The molecule has 0 radical (unpaired) electrons. The zero-order chi connectivity index (χ0) is 14.8. The standard InChI is InChI=1S/C14H16N2O3S/c1-10(14(17)15-2)16-20(18,19)13-8-7-11-5-3-4-6-12(11)9-13/h3-10,16H,1-2H3,(H,15,17)/t10-/m1/s1. The third-order valence-corrected chi connectivity index (χ3v) is 4.54. The highest BCUT2D eigenvalue weighted by molar-refractivity contribution is 7.89. The molecule has 6 heteroatoms. The van der Waals surface area contributed by atoms with Crippen molar-refractivity contribution >= 4 is 26.7 Å². The van der Waals surface area contributed by atoms with Crippen LogP contribution in [0.1, 0.15) is 6.92 Å². The van der Waals surface area contributed by atoms with Gasteiger partial charge in [-0.1, -0.05) is 30.3 Å². The first-order valence-electron chi connectivity index (χ1n) is 6.17. The predicted octanol–water partition coefficient (Wildman–Crippen LogP) is 1.25. The zero-order valence-electron chi connectivity index (χ0n) is 11.3. The quantitative estimate of drug-likeness (QED) is 0.890. The number of fused-ring (bicyclic) bond motifs is 1. The molecule has 0 aliphatic carbocycles. The number of carbonyl (C=O) groups excluding carboxylic acids is 1. The lowest BCUT2D eigenvalue weighted by Gasteiger charge is -2.13. The lowest BCUT2D eigenvalue weighted by Crippen LogP contribution is -2.43. The Morgan fingerprint density at radius 2 is 1.75 bits per heavy atom. The summed E-state index contributed by atoms with van der Waals surface area (Å²) in [5, 5.41) is 4.20. The number of carbonyl (C=O) groups is 1. The Morgan fingerprint density at radius 3 is 2.40 bits per heavy atom. The molecule has 2 aromatic rings. The Kier molecular flexibility index (Phi) is 4.06. The van der Waals surface area contributed by atoms with Gasteiger partial charge in [0.05, 0.1) is 10.9 Å². The molecule has 0 aromatic heterocycles. The van der Waals surface area contributed by atoms with E-state index in [1.807, 2.05) is 24.3 Å². The lowest BCUT2D eigenvalue weighted by atomic mass is 10.1. The Hall–Kier alpha value is -1.92. The van der Waals surface area contributed by atoms with Gasteiger partial charge in [0.1, 0.15) is 0 Å². The van der Waals surface area contributed by atoms with E-state index < -0.39 is 16.1 Å². The molecule has 0 aliphatic heterocycles. The number of hydrogen-bond donors (Lipinski definition) is 2. The maximum Gasteiger partial charge on any atom is 0.241 e. The summed E-state index contributed by atoms with van der Waals surface area (Å²) in [6.45, 7) is 1.50. The minimum absolute atomic E-state index is 0.145. The largest absolute Gasteiger partial charge is 0.358 e. The highest BCUT2D eigenvalue weighted by Crippen LogP contribution is 2.18. The monoisotopic (exact) mass is 292 g/mol. The van der Waals surface area contributed by atoms with Crippen molar-refractivity contribution in [2.45, 2.75) is 17.9 Å². The number of sulfonamides is 1. The molecular formula is C14H16N2O3S. The SMILES string of the molecule is CNC(=O)[C@@H](C)NS(=O)(=O)c1ccc2ccccc2c1. The van der Waals surface area contributed by atoms with Gasteiger partial charge in [0.15, 0.2) is 0 Å². The van der Waals surface area contributed by atoms with Crippen LogP contribution in [0.5, 0.6) is 0 Å². The number of benzene rings is 2. The molecule has 5 nitrogen and oxygen atoms in total. The highest BCUT2D eigenvalue weighted by Gasteiger charge is 2.21. The van der Waals surface area contributed by atoms with Crippen molar-refractivity contribution in [2.75, 3.05) is 7.05 Å². The molecule has 0 spiro atoms. The van der Waals surface area contributed by atoms with E-state index >= 15 is 0 Å². The summed E-state index contributed by atoms with van der Waals surface area (Å²) in [6.07, 6.45) is 0. The van der Waals surface area contributed by atoms with E-state index in [1.54, 1.807) is 12.1 Å². The normalized spacial score (nSPS) is 13.1. The van der Waals surface area contributed by atoms with Crippen molar-refractivity contribution < 1.29 is 13.2 Å². The van der Waals surface area contributed by atoms with Crippen LogP contribution in [-0.2, 0) is 14.8 Å². The second kappa shape index (κ2) is 5.60. The maximum absolute atomic E-state index is 12.2. The Bertz CT molecular complexity index is 741. The van der Waals surface area contributed by atoms with E-state index in [1.165, 1.54) is 20.0 Å². The van der Waals surface area contributed by atoms with Crippen LogP contribution in [-0.4, -0.2) is 27.4 Å². The van der Waals surface area contributed by atoms with Crippen LogP contribution < -0.4 is 10.0 Å². The van der Waals surface area contributed by atoms with E-state index in [-0.39, 0.29) is 10.8 Å². The van der Waals surface area contributed by atoms with E-state index in [9.17, 15) is 13.2 Å². The van der Waals surface area contributed by atoms with Crippen LogP contribution in [0.25, 0.3) is 10.8 Å². The van der Waals surface area contributed by atoms with Gasteiger partial charge in [0.25, 0.3) is 0 Å². The molecule has 0 unspecified atom stereocenters. The maximum atomic E-state index is 12.2. The highest BCUT2D eigenvalue weighted by atomic mass is 32.2. The van der Waals surface area contributed by atoms with Crippen LogP contribution in [0.4, 0.5) is 0 Å². The van der Waals surface area contributed by atoms with Crippen molar-refractivity contribution in [2.24, 2.45) is 0 Å². The molecule has 2 aromatic carbocycles. The topological polar surface area (TPSA) is 75.3 Å². The third-order valence-electron chi connectivity index (χ3n) is 3.00. The number of likely N-dealkylation sites (N-methyl/N-ethyl adjacent to an activating group) is 1. The lowest BCUT2D eigenvalue weighted by molar-refractivity contribution is -0.121. The summed E-state index contributed by atoms with van der Waals surface area (Å²) in [5.41, 5.74) is 0. The van der Waals surface area contributed by atoms with E-state index in [0.29, 0.717) is 0 Å². The van der Waals surface area contributed by atoms with Gasteiger partial charge in [-0.2, -0.15) is 4.72 Å². The van der Waals surface area contributed by atoms with Gasteiger partial charge in [-0.3, -0.25) is 4.79 Å². The summed E-state index contributed by atoms with van der Waals surface area (Å²) in [6, 6.07) is 11.5. The van der Waals surface area contributed by atoms with Crippen molar-refractivity contribution in [3.8, 4) is 0 Å². The smallest absolute Gasteiger partial charge is 0.241 e. The predicted molar refractivity (Wildman–Crippen MR) is 77.8 cm³/mol. The van der Waals surface area contributed by atoms with Crippen LogP contribution in [0.15, 0.2) is 47.4 Å². The van der Waals surface area contributed by atoms with Crippen molar-refractivity contribution in [1.82, 2.24) is 10.0 Å². The molecule has 2 rings (SSSR count). The summed E-state index contributed by atoms with van der Waals surface area (Å²) < 4.78 is 26.8. The molecule has 106 valence electrons. The zero-order valence-corrected chi connectivity index (χ0v) is 12.1. The second-order valence-corrected chi connectivity index (χ2v) is 6.18. The fraction of sp³-hybridized carbons (Fsp3) is 0.214. The summed E-state index contributed by atoms with van der Waals surface area (Å²) in [7, 11) is -2.26. The van der Waals surface area contributed by atoms with E-state index in [4.69, 9.17) is 0 Å². The van der Waals surface area contributed by atoms with Crippen molar-refractivity contribution in [3.05, 3.63) is 42.5 Å². The summed E-state index contributed by atoms with van der Waals surface area (Å²) in [4.78, 5) is 11.5. The second-order valence-electron chi connectivity index (χ2n) is 4.47. The first kappa shape index (κ1) is 14.5. The van der Waals surface area contributed by atoms with E-state index in [2.05, 4.69) is 10.0 Å². The van der Waals surface area contributed by atoms with Gasteiger partial charge in [-0.05, 0) is 29.8 Å². The molecule has 20 heavy (non-hydrogen) atoms. The Morgan fingerprint density at radius 1 is 1.10 bits per heavy atom. The van der Waals surface area contributed by atoms with Gasteiger partial charge in [-0.25, -0.2) is 8.42 Å². The third kappa shape index (κ3) is 2.97. The first-order valence-corrected chi connectivity index (χ1v) is 7.65. The number of hydrogen-bond acceptors (Lipinski definition) is 3. The molecule has 0 fully saturated rings. The number of rotatable bonds is 4. The van der Waals surface area contributed by atoms with E-state index in [0.717, 1.165) is 10.8 Å². The van der Waals surface area contributed by atoms with Crippen molar-refractivity contribution in [3.63, 3.8) is 0 Å². The number of nitrogens with one attached hydrogen (secondary N) is 2. The average Bonchev–Trinajstić information content (AvgIpc) is 2.45. The van der Waals surface area contributed by atoms with Gasteiger partial charge in [0, 0.05) is 7.05 Å². The molecule has 1 amide bonds. The Balaban J connectivity index is 2.34. The number of amides is 1. The minimum Gasteiger partial charge on any atom is -0.358 e. The van der Waals surface area contributed by atoms with Gasteiger partial charge in [-0.15, -0.1) is 0 Å². The summed E-state index contributed by atoms with van der Waals surface area (Å²) in [5.74, 6) is -0.380. The van der Waals surface area contributed by atoms with Gasteiger partial charge < -0.3 is 5.32 Å². The van der Waals surface area contributed by atoms with Crippen LogP contribution in [0.3, 0.4) is 0 Å². The molecule has 0 saturated heterocycles. The Labute approximate surface area is 118 Å². The average molecular weight is 292 g/mol. The van der Waals surface area contributed by atoms with Gasteiger partial charge in [0.2, 0.25) is 15.9 Å². The molecule has 0 aliphatic rings. The molecule has 0 bridgehead atoms. The molecule has 1 atom stereocenters. The van der Waals surface area contributed by atoms with Crippen LogP contribution >= 0.6 is 0 Å². The fourth-order valence-electron chi connectivity index (χ4n) is 1.91. The fourth-order valence-corrected chi connectivity index (χ4v) is 3.14. The molecule has 0 saturated carbocycles. The van der Waals surface area contributed by atoms with Crippen molar-refractivity contribution in [1.29, 1.82) is 0 Å². The minimum atomic E-state index is -3.72. The van der Waals surface area contributed by atoms with Crippen LogP contribution in [0, 0.1) is 0 Å². The van der Waals surface area contributed by atoms with Crippen LogP contribution in [0.2, 0.25) is 0 Å².